The molecule has 0 spiro atoms. The molecule has 2 amide bonds. The number of amides is 2. The van der Waals surface area contributed by atoms with Crippen LogP contribution in [0.5, 0.6) is 0 Å². The molecule has 1 aliphatic carbocycles. The Labute approximate surface area is 134 Å². The van der Waals surface area contributed by atoms with Crippen molar-refractivity contribution in [3.63, 3.8) is 0 Å². The molecule has 2 rings (SSSR count). The number of aromatic nitrogens is 3. The minimum absolute atomic E-state index is 0.0539. The molecule has 1 aliphatic rings. The quantitative estimate of drug-likeness (QED) is 0.721. The van der Waals surface area contributed by atoms with E-state index in [0.29, 0.717) is 19.1 Å². The smallest absolute Gasteiger partial charge is 0.239 e. The Hall–Kier alpha value is -1.57. The maximum atomic E-state index is 12.3. The van der Waals surface area contributed by atoms with Crippen molar-refractivity contribution in [1.29, 1.82) is 0 Å². The van der Waals surface area contributed by atoms with E-state index in [1.165, 1.54) is 11.8 Å². The summed E-state index contributed by atoms with van der Waals surface area (Å²) in [4.78, 5) is 25.4. The molecule has 8 heteroatoms. The molecule has 0 bridgehead atoms. The monoisotopic (exact) mass is 325 g/mol. The lowest BCUT2D eigenvalue weighted by molar-refractivity contribution is -0.133. The van der Waals surface area contributed by atoms with Crippen LogP contribution in [0.1, 0.15) is 38.6 Å². The number of carbonyl (C=O) groups excluding carboxylic acids is 2. The highest BCUT2D eigenvalue weighted by molar-refractivity contribution is 7.99. The molecule has 1 aromatic heterocycles. The Morgan fingerprint density at radius 1 is 1.36 bits per heavy atom. The van der Waals surface area contributed by atoms with Crippen molar-refractivity contribution < 1.29 is 9.59 Å². The van der Waals surface area contributed by atoms with Crippen molar-refractivity contribution >= 4 is 23.6 Å². The van der Waals surface area contributed by atoms with Crippen molar-refractivity contribution in [1.82, 2.24) is 25.0 Å². The predicted molar refractivity (Wildman–Crippen MR) is 84.7 cm³/mol. The van der Waals surface area contributed by atoms with Gasteiger partial charge in [0.25, 0.3) is 0 Å². The topological polar surface area (TPSA) is 80.1 Å². The highest BCUT2D eigenvalue weighted by Gasteiger charge is 2.28. The summed E-state index contributed by atoms with van der Waals surface area (Å²) in [5.41, 5.74) is 0. The first-order chi connectivity index (χ1) is 10.6. The third-order valence-corrected chi connectivity index (χ3v) is 4.44. The number of aryl methyl sites for hydroxylation is 1. The molecular weight excluding hydrogens is 302 g/mol. The summed E-state index contributed by atoms with van der Waals surface area (Å²) in [6, 6.07) is 0.491. The van der Waals surface area contributed by atoms with Gasteiger partial charge in [-0.25, -0.2) is 0 Å². The molecule has 1 heterocycles. The second kappa shape index (κ2) is 7.62. The molecule has 1 N–H and O–H groups in total. The Morgan fingerprint density at radius 2 is 2.09 bits per heavy atom. The van der Waals surface area contributed by atoms with Gasteiger partial charge in [0.1, 0.15) is 5.82 Å². The van der Waals surface area contributed by atoms with Gasteiger partial charge in [0.05, 0.1) is 12.3 Å². The van der Waals surface area contributed by atoms with Gasteiger partial charge in [-0.3, -0.25) is 9.59 Å². The highest BCUT2D eigenvalue weighted by Crippen LogP contribution is 2.38. The first-order valence-corrected chi connectivity index (χ1v) is 8.64. The van der Waals surface area contributed by atoms with Crippen LogP contribution in [0.4, 0.5) is 0 Å². The molecule has 0 unspecified atom stereocenters. The van der Waals surface area contributed by atoms with Gasteiger partial charge in [0.2, 0.25) is 11.8 Å². The van der Waals surface area contributed by atoms with Gasteiger partial charge in [0, 0.05) is 19.1 Å². The number of thioether (sulfide) groups is 1. The molecule has 0 saturated heterocycles. The van der Waals surface area contributed by atoms with E-state index in [4.69, 9.17) is 0 Å². The fourth-order valence-corrected chi connectivity index (χ4v) is 3.18. The van der Waals surface area contributed by atoms with E-state index in [2.05, 4.69) is 20.1 Å². The van der Waals surface area contributed by atoms with Crippen LogP contribution in [0.15, 0.2) is 5.16 Å². The van der Waals surface area contributed by atoms with Crippen molar-refractivity contribution in [2.24, 2.45) is 0 Å². The third-order valence-electron chi connectivity index (χ3n) is 3.51. The van der Waals surface area contributed by atoms with Crippen LogP contribution in [0.25, 0.3) is 0 Å². The van der Waals surface area contributed by atoms with E-state index < -0.39 is 0 Å². The van der Waals surface area contributed by atoms with Gasteiger partial charge in [-0.1, -0.05) is 11.8 Å². The molecule has 1 fully saturated rings. The lowest BCUT2D eigenvalue weighted by atomic mass is 10.4. The molecule has 0 aromatic carbocycles. The number of nitrogens with one attached hydrogen (secondary N) is 1. The largest absolute Gasteiger partial charge is 0.355 e. The van der Waals surface area contributed by atoms with E-state index in [-0.39, 0.29) is 24.1 Å². The van der Waals surface area contributed by atoms with Crippen LogP contribution >= 0.6 is 11.8 Å². The number of likely N-dealkylation sites (N-methyl/N-ethyl adjacent to an activating group) is 2. The average molecular weight is 325 g/mol. The van der Waals surface area contributed by atoms with E-state index in [9.17, 15) is 9.59 Å². The van der Waals surface area contributed by atoms with E-state index in [1.54, 1.807) is 4.90 Å². The highest BCUT2D eigenvalue weighted by atomic mass is 32.2. The number of nitrogens with zero attached hydrogens (tertiary/aromatic N) is 4. The lowest BCUT2D eigenvalue weighted by Gasteiger charge is -2.20. The van der Waals surface area contributed by atoms with Crippen LogP contribution in [0.3, 0.4) is 0 Å². The lowest BCUT2D eigenvalue weighted by Crippen LogP contribution is -2.41. The summed E-state index contributed by atoms with van der Waals surface area (Å²) in [6.45, 7) is 6.87. The van der Waals surface area contributed by atoms with Crippen LogP contribution in [-0.2, 0) is 9.59 Å². The van der Waals surface area contributed by atoms with Crippen molar-refractivity contribution in [3.8, 4) is 0 Å². The van der Waals surface area contributed by atoms with Gasteiger partial charge in [-0.05, 0) is 33.6 Å². The Bertz CT molecular complexity index is 541. The fourth-order valence-electron chi connectivity index (χ4n) is 2.22. The minimum atomic E-state index is -0.125. The van der Waals surface area contributed by atoms with Crippen LogP contribution < -0.4 is 5.32 Å². The van der Waals surface area contributed by atoms with Crippen molar-refractivity contribution in [2.75, 3.05) is 25.4 Å². The summed E-state index contributed by atoms with van der Waals surface area (Å²) < 4.78 is 2.11. The molecule has 122 valence electrons. The maximum Gasteiger partial charge on any atom is 0.239 e. The van der Waals surface area contributed by atoms with Crippen molar-refractivity contribution in [2.45, 2.75) is 44.8 Å². The molecular formula is C14H23N5O2S. The maximum absolute atomic E-state index is 12.3. The minimum Gasteiger partial charge on any atom is -0.355 e. The summed E-state index contributed by atoms with van der Waals surface area (Å²) in [5.74, 6) is 0.992. The predicted octanol–water partition coefficient (Wildman–Crippen LogP) is 0.998. The Morgan fingerprint density at radius 3 is 2.68 bits per heavy atom. The first-order valence-electron chi connectivity index (χ1n) is 7.65. The van der Waals surface area contributed by atoms with E-state index >= 15 is 0 Å². The fraction of sp³-hybridized carbons (Fsp3) is 0.714. The van der Waals surface area contributed by atoms with Crippen molar-refractivity contribution in [3.05, 3.63) is 5.82 Å². The van der Waals surface area contributed by atoms with Gasteiger partial charge < -0.3 is 14.8 Å². The number of hydrogen-bond acceptors (Lipinski definition) is 5. The number of carbonyl (C=O) groups is 2. The van der Waals surface area contributed by atoms with Gasteiger partial charge >= 0.3 is 0 Å². The summed E-state index contributed by atoms with van der Waals surface area (Å²) in [5, 5.41) is 11.7. The Balaban J connectivity index is 1.89. The first kappa shape index (κ1) is 16.8. The van der Waals surface area contributed by atoms with E-state index in [1.807, 2.05) is 20.8 Å². The molecule has 1 saturated carbocycles. The Kier molecular flexibility index (Phi) is 5.82. The average Bonchev–Trinajstić information content (AvgIpc) is 3.26. The molecule has 0 aliphatic heterocycles. The second-order valence-electron chi connectivity index (χ2n) is 5.28. The zero-order valence-corrected chi connectivity index (χ0v) is 14.2. The second-order valence-corrected chi connectivity index (χ2v) is 6.22. The molecule has 1 aromatic rings. The number of rotatable bonds is 8. The normalized spacial score (nSPS) is 14.0. The zero-order valence-electron chi connectivity index (χ0n) is 13.3. The summed E-state index contributed by atoms with van der Waals surface area (Å²) in [7, 11) is 0. The van der Waals surface area contributed by atoms with E-state index in [0.717, 1.165) is 23.8 Å². The zero-order chi connectivity index (χ0) is 16.1. The van der Waals surface area contributed by atoms with Gasteiger partial charge in [-0.15, -0.1) is 10.2 Å². The molecule has 22 heavy (non-hydrogen) atoms. The SMILES string of the molecule is CCNC(=O)CN(CC)C(=O)CSc1nnc(C)n1C1CC1. The van der Waals surface area contributed by atoms with Gasteiger partial charge in [0.15, 0.2) is 5.16 Å². The van der Waals surface area contributed by atoms with Crippen LogP contribution in [0.2, 0.25) is 0 Å². The molecule has 0 radical (unpaired) electrons. The number of hydrogen-bond donors (Lipinski definition) is 1. The molecule has 0 atom stereocenters. The molecule has 7 nitrogen and oxygen atoms in total. The third kappa shape index (κ3) is 4.22. The summed E-state index contributed by atoms with van der Waals surface area (Å²) >= 11 is 1.39. The van der Waals surface area contributed by atoms with Gasteiger partial charge in [-0.2, -0.15) is 0 Å². The standard InChI is InChI=1S/C14H23N5O2S/c1-4-15-12(20)8-18(5-2)13(21)9-22-14-17-16-10(3)19(14)11-6-7-11/h11H,4-9H2,1-3H3,(H,15,20). The van der Waals surface area contributed by atoms with Crippen LogP contribution in [0, 0.1) is 6.92 Å². The van der Waals surface area contributed by atoms with Crippen LogP contribution in [-0.4, -0.2) is 56.9 Å². The summed E-state index contributed by atoms with van der Waals surface area (Å²) in [6.07, 6.45) is 2.30.